The van der Waals surface area contributed by atoms with Gasteiger partial charge in [0.1, 0.15) is 12.4 Å². The van der Waals surface area contributed by atoms with Crippen molar-refractivity contribution in [2.75, 3.05) is 20.3 Å². The molecule has 0 saturated carbocycles. The van der Waals surface area contributed by atoms with Crippen LogP contribution in [0.15, 0.2) is 24.3 Å². The maximum absolute atomic E-state index is 11.5. The second-order valence-electron chi connectivity index (χ2n) is 3.64. The van der Waals surface area contributed by atoms with Crippen molar-refractivity contribution >= 4 is 23.5 Å². The van der Waals surface area contributed by atoms with Crippen molar-refractivity contribution in [2.45, 2.75) is 12.8 Å². The van der Waals surface area contributed by atoms with Crippen LogP contribution in [0, 0.1) is 0 Å². The summed E-state index contributed by atoms with van der Waals surface area (Å²) in [6.45, 7) is 0.511. The lowest BCUT2D eigenvalue weighted by Crippen LogP contribution is -2.14. The van der Waals surface area contributed by atoms with Crippen LogP contribution in [0.3, 0.4) is 0 Å². The van der Waals surface area contributed by atoms with Gasteiger partial charge in [0.15, 0.2) is 0 Å². The quantitative estimate of drug-likeness (QED) is 0.437. The summed E-state index contributed by atoms with van der Waals surface area (Å²) in [6, 6.07) is 6.48. The van der Waals surface area contributed by atoms with Gasteiger partial charge in [0.2, 0.25) is 0 Å². The van der Waals surface area contributed by atoms with Crippen LogP contribution in [0.4, 0.5) is 0 Å². The molecule has 5 nitrogen and oxygen atoms in total. The lowest BCUT2D eigenvalue weighted by Gasteiger charge is -2.05. The van der Waals surface area contributed by atoms with Crippen molar-refractivity contribution in [3.8, 4) is 5.75 Å². The minimum atomic E-state index is -0.508. The molecule has 0 fully saturated rings. The molecule has 0 aliphatic carbocycles. The van der Waals surface area contributed by atoms with Gasteiger partial charge in [0, 0.05) is 12.1 Å². The van der Waals surface area contributed by atoms with Crippen molar-refractivity contribution in [2.24, 2.45) is 0 Å². The number of esters is 2. The summed E-state index contributed by atoms with van der Waals surface area (Å²) in [7, 11) is 1.51. The third kappa shape index (κ3) is 6.79. The first-order valence-electron chi connectivity index (χ1n) is 5.72. The average Bonchev–Trinajstić information content (AvgIpc) is 2.37. The Hall–Kier alpha value is -1.59. The van der Waals surface area contributed by atoms with Gasteiger partial charge in [0.25, 0.3) is 0 Å². The molecule has 0 unspecified atom stereocenters. The number of hydrogen-bond acceptors (Lipinski definition) is 5. The number of hydrogen-bond donors (Lipinski definition) is 0. The number of halogens is 1. The standard InChI is InChI=1S/C13H15ClO5/c1-17-7-8-18-12(15)5-6-13(16)19-11-4-2-3-10(14)9-11/h2-4,9H,5-8H2,1H3. The number of rotatable bonds is 7. The van der Waals surface area contributed by atoms with Crippen molar-refractivity contribution < 1.29 is 23.8 Å². The summed E-state index contributed by atoms with van der Waals surface area (Å²) in [5.74, 6) is -0.615. The Morgan fingerprint density at radius 1 is 1.16 bits per heavy atom. The largest absolute Gasteiger partial charge is 0.463 e. The normalized spacial score (nSPS) is 10.0. The molecule has 0 heterocycles. The van der Waals surface area contributed by atoms with Gasteiger partial charge in [-0.05, 0) is 18.2 Å². The first kappa shape index (κ1) is 15.5. The fraction of sp³-hybridized carbons (Fsp3) is 0.385. The molecule has 6 heteroatoms. The molecule has 104 valence electrons. The van der Waals surface area contributed by atoms with Gasteiger partial charge < -0.3 is 14.2 Å². The van der Waals surface area contributed by atoms with Crippen LogP contribution in [-0.2, 0) is 19.1 Å². The zero-order valence-corrected chi connectivity index (χ0v) is 11.3. The summed E-state index contributed by atoms with van der Waals surface area (Å²) in [5, 5.41) is 0.476. The first-order valence-corrected chi connectivity index (χ1v) is 6.10. The summed E-state index contributed by atoms with van der Waals surface area (Å²) < 4.78 is 14.6. The fourth-order valence-corrected chi connectivity index (χ4v) is 1.41. The summed E-state index contributed by atoms with van der Waals surface area (Å²) in [4.78, 5) is 22.7. The average molecular weight is 287 g/mol. The Balaban J connectivity index is 2.26. The monoisotopic (exact) mass is 286 g/mol. The van der Waals surface area contributed by atoms with Gasteiger partial charge in [-0.3, -0.25) is 9.59 Å². The van der Waals surface area contributed by atoms with Gasteiger partial charge in [0.05, 0.1) is 19.4 Å². The molecule has 0 atom stereocenters. The molecule has 0 aliphatic rings. The van der Waals surface area contributed by atoms with E-state index in [1.807, 2.05) is 0 Å². The molecule has 0 radical (unpaired) electrons. The van der Waals surface area contributed by atoms with E-state index in [-0.39, 0.29) is 19.4 Å². The van der Waals surface area contributed by atoms with E-state index in [1.54, 1.807) is 18.2 Å². The molecule has 0 bridgehead atoms. The first-order chi connectivity index (χ1) is 9.11. The smallest absolute Gasteiger partial charge is 0.311 e. The highest BCUT2D eigenvalue weighted by Gasteiger charge is 2.10. The molecule has 0 spiro atoms. The Morgan fingerprint density at radius 2 is 1.89 bits per heavy atom. The van der Waals surface area contributed by atoms with Crippen molar-refractivity contribution in [3.05, 3.63) is 29.3 Å². The van der Waals surface area contributed by atoms with E-state index in [2.05, 4.69) is 0 Å². The van der Waals surface area contributed by atoms with E-state index in [1.165, 1.54) is 13.2 Å². The highest BCUT2D eigenvalue weighted by atomic mass is 35.5. The van der Waals surface area contributed by atoms with E-state index in [0.29, 0.717) is 17.4 Å². The predicted octanol–water partition coefficient (Wildman–Crippen LogP) is 2.22. The number of benzene rings is 1. The number of carbonyl (C=O) groups excluding carboxylic acids is 2. The molecule has 19 heavy (non-hydrogen) atoms. The molecular formula is C13H15ClO5. The lowest BCUT2D eigenvalue weighted by atomic mass is 10.3. The van der Waals surface area contributed by atoms with Crippen LogP contribution < -0.4 is 4.74 Å². The second-order valence-corrected chi connectivity index (χ2v) is 4.08. The van der Waals surface area contributed by atoms with Crippen LogP contribution in [0.5, 0.6) is 5.75 Å². The molecule has 0 N–H and O–H groups in total. The molecule has 1 aromatic rings. The van der Waals surface area contributed by atoms with Crippen molar-refractivity contribution in [1.82, 2.24) is 0 Å². The van der Waals surface area contributed by atoms with Crippen molar-refractivity contribution in [3.63, 3.8) is 0 Å². The van der Waals surface area contributed by atoms with Crippen LogP contribution in [0.1, 0.15) is 12.8 Å². The third-order valence-corrected chi connectivity index (χ3v) is 2.35. The van der Waals surface area contributed by atoms with Crippen LogP contribution in [0.25, 0.3) is 0 Å². The summed E-state index contributed by atoms with van der Waals surface area (Å²) >= 11 is 5.75. The van der Waals surface area contributed by atoms with Crippen LogP contribution in [-0.4, -0.2) is 32.3 Å². The van der Waals surface area contributed by atoms with E-state index in [4.69, 9.17) is 25.8 Å². The molecule has 0 aromatic heterocycles. The molecular weight excluding hydrogens is 272 g/mol. The van der Waals surface area contributed by atoms with Gasteiger partial charge in [-0.25, -0.2) is 0 Å². The minimum absolute atomic E-state index is 0.0247. The number of methoxy groups -OCH3 is 1. The summed E-state index contributed by atoms with van der Waals surface area (Å²) in [5.41, 5.74) is 0. The molecule has 0 aliphatic heterocycles. The van der Waals surface area contributed by atoms with E-state index >= 15 is 0 Å². The lowest BCUT2D eigenvalue weighted by molar-refractivity contribution is -0.147. The maximum Gasteiger partial charge on any atom is 0.311 e. The van der Waals surface area contributed by atoms with E-state index in [9.17, 15) is 9.59 Å². The highest BCUT2D eigenvalue weighted by molar-refractivity contribution is 6.30. The van der Waals surface area contributed by atoms with Gasteiger partial charge in [-0.15, -0.1) is 0 Å². The zero-order valence-electron chi connectivity index (χ0n) is 10.6. The highest BCUT2D eigenvalue weighted by Crippen LogP contribution is 2.17. The van der Waals surface area contributed by atoms with Crippen molar-refractivity contribution in [1.29, 1.82) is 0 Å². The Morgan fingerprint density at radius 3 is 2.58 bits per heavy atom. The Bertz CT molecular complexity index is 433. The second kappa shape index (κ2) is 8.50. The summed E-state index contributed by atoms with van der Waals surface area (Å²) in [6.07, 6.45) is -0.0680. The zero-order chi connectivity index (χ0) is 14.1. The van der Waals surface area contributed by atoms with E-state index < -0.39 is 11.9 Å². The van der Waals surface area contributed by atoms with Gasteiger partial charge in [-0.1, -0.05) is 17.7 Å². The number of ether oxygens (including phenoxy) is 3. The minimum Gasteiger partial charge on any atom is -0.463 e. The topological polar surface area (TPSA) is 61.8 Å². The SMILES string of the molecule is COCCOC(=O)CCC(=O)Oc1cccc(Cl)c1. The Labute approximate surface area is 116 Å². The third-order valence-electron chi connectivity index (χ3n) is 2.11. The van der Waals surface area contributed by atoms with Gasteiger partial charge in [-0.2, -0.15) is 0 Å². The maximum atomic E-state index is 11.5. The van der Waals surface area contributed by atoms with E-state index in [0.717, 1.165) is 0 Å². The number of carbonyl (C=O) groups is 2. The Kier molecular flexibility index (Phi) is 6.92. The van der Waals surface area contributed by atoms with Crippen LogP contribution >= 0.6 is 11.6 Å². The predicted molar refractivity (Wildman–Crippen MR) is 69.2 cm³/mol. The molecule has 0 saturated heterocycles. The van der Waals surface area contributed by atoms with Gasteiger partial charge >= 0.3 is 11.9 Å². The molecule has 1 rings (SSSR count). The molecule has 0 amide bonds. The molecule has 1 aromatic carbocycles. The van der Waals surface area contributed by atoms with Crippen LogP contribution in [0.2, 0.25) is 5.02 Å². The fourth-order valence-electron chi connectivity index (χ4n) is 1.23.